The van der Waals surface area contributed by atoms with Gasteiger partial charge in [0.05, 0.1) is 5.56 Å². The van der Waals surface area contributed by atoms with Crippen LogP contribution in [-0.4, -0.2) is 24.2 Å². The Kier molecular flexibility index (Phi) is 3.54. The van der Waals surface area contributed by atoms with Crippen LogP contribution in [0.25, 0.3) is 0 Å². The van der Waals surface area contributed by atoms with Gasteiger partial charge in [0.2, 0.25) is 5.91 Å². The number of benzene rings is 1. The molecule has 3 nitrogen and oxygen atoms in total. The summed E-state index contributed by atoms with van der Waals surface area (Å²) in [7, 11) is 0. The van der Waals surface area contributed by atoms with Gasteiger partial charge >= 0.3 is 6.18 Å². The summed E-state index contributed by atoms with van der Waals surface area (Å²) >= 11 is 0. The fourth-order valence-corrected chi connectivity index (χ4v) is 2.21. The molecule has 1 aromatic rings. The molecule has 2 rings (SSSR count). The van der Waals surface area contributed by atoms with E-state index >= 15 is 0 Å². The monoisotopic (exact) mass is 273 g/mol. The quantitative estimate of drug-likeness (QED) is 0.898. The molecule has 1 atom stereocenters. The van der Waals surface area contributed by atoms with Crippen LogP contribution in [0.2, 0.25) is 0 Å². The summed E-state index contributed by atoms with van der Waals surface area (Å²) in [5, 5.41) is 9.04. The number of amides is 1. The molecule has 19 heavy (non-hydrogen) atoms. The smallest absolute Gasteiger partial charge is 0.396 e. The highest BCUT2D eigenvalue weighted by Gasteiger charge is 2.34. The third kappa shape index (κ3) is 2.73. The zero-order valence-electron chi connectivity index (χ0n) is 10.4. The van der Waals surface area contributed by atoms with Crippen LogP contribution in [0.5, 0.6) is 0 Å². The van der Waals surface area contributed by atoms with Crippen molar-refractivity contribution in [1.29, 1.82) is 0 Å². The first kappa shape index (κ1) is 13.9. The number of hydrogen-bond acceptors (Lipinski definition) is 2. The molecule has 1 unspecified atom stereocenters. The topological polar surface area (TPSA) is 40.5 Å². The lowest BCUT2D eigenvalue weighted by Crippen LogP contribution is -2.26. The maximum absolute atomic E-state index is 12.7. The molecule has 1 aliphatic rings. The van der Waals surface area contributed by atoms with E-state index in [1.807, 2.05) is 0 Å². The SMILES string of the molecule is Cc1ccc(C(F)(F)F)cc1N1CC(CO)CC1=O. The van der Waals surface area contributed by atoms with Gasteiger partial charge in [-0.15, -0.1) is 0 Å². The van der Waals surface area contributed by atoms with Crippen LogP contribution in [0.15, 0.2) is 18.2 Å². The zero-order valence-corrected chi connectivity index (χ0v) is 10.4. The van der Waals surface area contributed by atoms with E-state index in [2.05, 4.69) is 0 Å². The molecule has 1 aromatic carbocycles. The summed E-state index contributed by atoms with van der Waals surface area (Å²) in [6.07, 6.45) is -4.26. The molecule has 6 heteroatoms. The van der Waals surface area contributed by atoms with Gasteiger partial charge in [0.15, 0.2) is 0 Å². The average Bonchev–Trinajstić information content (AvgIpc) is 2.69. The third-order valence-corrected chi connectivity index (χ3v) is 3.29. The largest absolute Gasteiger partial charge is 0.416 e. The van der Waals surface area contributed by atoms with Gasteiger partial charge in [-0.25, -0.2) is 0 Å². The van der Waals surface area contributed by atoms with Crippen molar-refractivity contribution >= 4 is 11.6 Å². The van der Waals surface area contributed by atoms with Gasteiger partial charge in [0, 0.05) is 31.2 Å². The molecule has 1 amide bonds. The van der Waals surface area contributed by atoms with Crippen LogP contribution >= 0.6 is 0 Å². The second-order valence-corrected chi connectivity index (χ2v) is 4.76. The molecular weight excluding hydrogens is 259 g/mol. The maximum Gasteiger partial charge on any atom is 0.416 e. The lowest BCUT2D eigenvalue weighted by Gasteiger charge is -2.20. The van der Waals surface area contributed by atoms with Crippen LogP contribution < -0.4 is 4.90 Å². The summed E-state index contributed by atoms with van der Waals surface area (Å²) < 4.78 is 38.0. The van der Waals surface area contributed by atoms with Crippen LogP contribution in [0.4, 0.5) is 18.9 Å². The Morgan fingerprint density at radius 3 is 2.63 bits per heavy atom. The predicted molar refractivity (Wildman–Crippen MR) is 63.7 cm³/mol. The number of anilines is 1. The van der Waals surface area contributed by atoms with Gasteiger partial charge in [-0.3, -0.25) is 4.79 Å². The van der Waals surface area contributed by atoms with Crippen molar-refractivity contribution in [3.05, 3.63) is 29.3 Å². The number of carbonyl (C=O) groups is 1. The molecule has 1 aliphatic heterocycles. The molecule has 1 N–H and O–H groups in total. The summed E-state index contributed by atoms with van der Waals surface area (Å²) in [6.45, 7) is 1.78. The van der Waals surface area contributed by atoms with Crippen LogP contribution in [0.1, 0.15) is 17.5 Å². The van der Waals surface area contributed by atoms with Gasteiger partial charge < -0.3 is 10.0 Å². The van der Waals surface area contributed by atoms with E-state index in [-0.39, 0.29) is 37.1 Å². The minimum absolute atomic E-state index is 0.139. The van der Waals surface area contributed by atoms with E-state index in [9.17, 15) is 18.0 Å². The Hall–Kier alpha value is -1.56. The van der Waals surface area contributed by atoms with E-state index in [1.54, 1.807) is 6.92 Å². The van der Waals surface area contributed by atoms with E-state index in [0.717, 1.165) is 12.1 Å². The normalized spacial score (nSPS) is 20.2. The van der Waals surface area contributed by atoms with Gasteiger partial charge in [-0.1, -0.05) is 6.07 Å². The van der Waals surface area contributed by atoms with Crippen molar-refractivity contribution in [1.82, 2.24) is 0 Å². The molecule has 0 saturated carbocycles. The van der Waals surface area contributed by atoms with Gasteiger partial charge in [0.25, 0.3) is 0 Å². The average molecular weight is 273 g/mol. The van der Waals surface area contributed by atoms with Crippen molar-refractivity contribution in [3.63, 3.8) is 0 Å². The highest BCUT2D eigenvalue weighted by molar-refractivity contribution is 5.96. The number of hydrogen-bond donors (Lipinski definition) is 1. The van der Waals surface area contributed by atoms with E-state index in [1.165, 1.54) is 11.0 Å². The zero-order chi connectivity index (χ0) is 14.2. The number of alkyl halides is 3. The second-order valence-electron chi connectivity index (χ2n) is 4.76. The van der Waals surface area contributed by atoms with Crippen LogP contribution in [0.3, 0.4) is 0 Å². The Morgan fingerprint density at radius 2 is 2.11 bits per heavy atom. The highest BCUT2D eigenvalue weighted by atomic mass is 19.4. The van der Waals surface area contributed by atoms with Crippen LogP contribution in [0, 0.1) is 12.8 Å². The molecule has 0 aromatic heterocycles. The number of nitrogens with zero attached hydrogens (tertiary/aromatic N) is 1. The molecule has 1 fully saturated rings. The fourth-order valence-electron chi connectivity index (χ4n) is 2.21. The number of halogens is 3. The van der Waals surface area contributed by atoms with Gasteiger partial charge in [0.1, 0.15) is 0 Å². The van der Waals surface area contributed by atoms with E-state index in [0.29, 0.717) is 5.56 Å². The summed E-state index contributed by atoms with van der Waals surface area (Å²) in [5.74, 6) is -0.456. The standard InChI is InChI=1S/C13H14F3NO2/c1-8-2-3-10(13(14,15)16)5-11(8)17-6-9(7-18)4-12(17)19/h2-3,5,9,18H,4,6-7H2,1H3. The Balaban J connectivity index is 2.37. The maximum atomic E-state index is 12.7. The van der Waals surface area contributed by atoms with Crippen molar-refractivity contribution in [2.45, 2.75) is 19.5 Å². The molecule has 0 spiro atoms. The number of carbonyl (C=O) groups excluding carboxylic acids is 1. The second kappa shape index (κ2) is 4.85. The molecule has 0 bridgehead atoms. The van der Waals surface area contributed by atoms with Crippen molar-refractivity contribution < 1.29 is 23.1 Å². The predicted octanol–water partition coefficient (Wildman–Crippen LogP) is 2.36. The lowest BCUT2D eigenvalue weighted by atomic mass is 10.1. The Bertz CT molecular complexity index is 499. The molecule has 0 radical (unpaired) electrons. The third-order valence-electron chi connectivity index (χ3n) is 3.29. The van der Waals surface area contributed by atoms with Crippen LogP contribution in [-0.2, 0) is 11.0 Å². The minimum Gasteiger partial charge on any atom is -0.396 e. The first-order valence-electron chi connectivity index (χ1n) is 5.92. The fraction of sp³-hybridized carbons (Fsp3) is 0.462. The van der Waals surface area contributed by atoms with Crippen molar-refractivity contribution in [3.8, 4) is 0 Å². The van der Waals surface area contributed by atoms with Gasteiger partial charge in [-0.2, -0.15) is 13.2 Å². The molecule has 1 heterocycles. The number of rotatable bonds is 2. The first-order valence-corrected chi connectivity index (χ1v) is 5.92. The summed E-state index contributed by atoms with van der Waals surface area (Å²) in [6, 6.07) is 3.35. The molecule has 0 aliphatic carbocycles. The Labute approximate surface area is 108 Å². The number of aliphatic hydroxyl groups is 1. The Morgan fingerprint density at radius 1 is 1.42 bits per heavy atom. The van der Waals surface area contributed by atoms with E-state index < -0.39 is 11.7 Å². The van der Waals surface area contributed by atoms with Crippen molar-refractivity contribution in [2.24, 2.45) is 5.92 Å². The highest BCUT2D eigenvalue weighted by Crippen LogP contribution is 2.35. The summed E-state index contributed by atoms with van der Waals surface area (Å²) in [5.41, 5.74) is 0.115. The summed E-state index contributed by atoms with van der Waals surface area (Å²) in [4.78, 5) is 13.1. The molecule has 104 valence electrons. The van der Waals surface area contributed by atoms with Crippen molar-refractivity contribution in [2.75, 3.05) is 18.1 Å². The first-order chi connectivity index (χ1) is 8.82. The van der Waals surface area contributed by atoms with Gasteiger partial charge in [-0.05, 0) is 24.6 Å². The van der Waals surface area contributed by atoms with E-state index in [4.69, 9.17) is 5.11 Å². The molecular formula is C13H14F3NO2. The minimum atomic E-state index is -4.43. The molecule has 1 saturated heterocycles. The number of aryl methyl sites for hydroxylation is 1. The number of aliphatic hydroxyl groups excluding tert-OH is 1. The lowest BCUT2D eigenvalue weighted by molar-refractivity contribution is -0.137.